The fourth-order valence-corrected chi connectivity index (χ4v) is 1.38. The van der Waals surface area contributed by atoms with Crippen LogP contribution >= 0.6 is 11.6 Å². The van der Waals surface area contributed by atoms with Crippen molar-refractivity contribution in [1.29, 1.82) is 0 Å². The van der Waals surface area contributed by atoms with Gasteiger partial charge in [-0.05, 0) is 25.1 Å². The first-order valence-corrected chi connectivity index (χ1v) is 5.75. The largest absolute Gasteiger partial charge is 0.370 e. The Labute approximate surface area is 96.2 Å². The molecule has 1 aromatic heterocycles. The molecule has 0 spiro atoms. The fraction of sp³-hybridized carbons (Fsp3) is 0.545. The second-order valence-electron chi connectivity index (χ2n) is 3.33. The van der Waals surface area contributed by atoms with Crippen molar-refractivity contribution in [2.45, 2.75) is 26.8 Å². The van der Waals surface area contributed by atoms with Crippen molar-refractivity contribution in [2.75, 3.05) is 18.4 Å². The molecule has 0 bridgehead atoms. The second-order valence-corrected chi connectivity index (χ2v) is 3.74. The van der Waals surface area contributed by atoms with Crippen LogP contribution in [0.15, 0.2) is 12.1 Å². The summed E-state index contributed by atoms with van der Waals surface area (Å²) in [6.45, 7) is 6.77. The number of hydrogen-bond acceptors (Lipinski definition) is 3. The average Bonchev–Trinajstić information content (AvgIpc) is 2.26. The number of halogens is 1. The molecule has 0 aliphatic carbocycles. The van der Waals surface area contributed by atoms with Crippen LogP contribution in [0.5, 0.6) is 0 Å². The molecular formula is C11H18ClN3. The van der Waals surface area contributed by atoms with Gasteiger partial charge in [0, 0.05) is 13.1 Å². The summed E-state index contributed by atoms with van der Waals surface area (Å²) in [5, 5.41) is 7.18. The molecule has 0 fully saturated rings. The Hall–Kier alpha value is -0.800. The monoisotopic (exact) mass is 227 g/mol. The first-order chi connectivity index (χ1) is 7.27. The molecule has 0 radical (unpaired) electrons. The molecule has 4 heteroatoms. The van der Waals surface area contributed by atoms with Crippen molar-refractivity contribution in [1.82, 2.24) is 10.3 Å². The smallest absolute Gasteiger partial charge is 0.126 e. The molecule has 0 atom stereocenters. The van der Waals surface area contributed by atoms with E-state index in [0.717, 1.165) is 42.6 Å². The zero-order valence-corrected chi connectivity index (χ0v) is 10.1. The van der Waals surface area contributed by atoms with Gasteiger partial charge in [-0.15, -0.1) is 0 Å². The molecule has 0 amide bonds. The van der Waals surface area contributed by atoms with E-state index in [9.17, 15) is 0 Å². The van der Waals surface area contributed by atoms with E-state index in [1.54, 1.807) is 0 Å². The van der Waals surface area contributed by atoms with Crippen molar-refractivity contribution in [3.63, 3.8) is 0 Å². The van der Waals surface area contributed by atoms with Gasteiger partial charge in [0.2, 0.25) is 0 Å². The van der Waals surface area contributed by atoms with Crippen LogP contribution in [0.2, 0.25) is 5.02 Å². The Kier molecular flexibility index (Phi) is 5.43. The highest BCUT2D eigenvalue weighted by atomic mass is 35.5. The van der Waals surface area contributed by atoms with Crippen LogP contribution in [0.1, 0.15) is 26.0 Å². The summed E-state index contributed by atoms with van der Waals surface area (Å²) in [4.78, 5) is 4.44. The van der Waals surface area contributed by atoms with E-state index in [1.165, 1.54) is 0 Å². The van der Waals surface area contributed by atoms with Gasteiger partial charge in [0.15, 0.2) is 0 Å². The highest BCUT2D eigenvalue weighted by Crippen LogP contribution is 2.16. The minimum atomic E-state index is 0.719. The van der Waals surface area contributed by atoms with E-state index < -0.39 is 0 Å². The van der Waals surface area contributed by atoms with Gasteiger partial charge in [-0.1, -0.05) is 25.4 Å². The summed E-state index contributed by atoms with van der Waals surface area (Å²) >= 11 is 6.04. The third-order valence-corrected chi connectivity index (χ3v) is 2.36. The number of nitrogens with zero attached hydrogens (tertiary/aromatic N) is 1. The summed E-state index contributed by atoms with van der Waals surface area (Å²) in [6.07, 6.45) is 1.09. The SMILES string of the molecule is CCCNc1ccc(Cl)c(CNCC)n1. The van der Waals surface area contributed by atoms with E-state index in [1.807, 2.05) is 12.1 Å². The number of anilines is 1. The molecular weight excluding hydrogens is 210 g/mol. The third kappa shape index (κ3) is 4.06. The van der Waals surface area contributed by atoms with Gasteiger partial charge in [0.25, 0.3) is 0 Å². The molecule has 1 aromatic rings. The normalized spacial score (nSPS) is 10.3. The molecule has 2 N–H and O–H groups in total. The molecule has 0 aromatic carbocycles. The summed E-state index contributed by atoms with van der Waals surface area (Å²) in [5.74, 6) is 0.897. The maximum atomic E-state index is 6.04. The molecule has 1 rings (SSSR count). The highest BCUT2D eigenvalue weighted by Gasteiger charge is 2.02. The Bertz CT molecular complexity index is 302. The van der Waals surface area contributed by atoms with Crippen LogP contribution in [0.4, 0.5) is 5.82 Å². The standard InChI is InChI=1S/C11H18ClN3/c1-3-7-14-11-6-5-9(12)10(15-11)8-13-4-2/h5-6,13H,3-4,7-8H2,1-2H3,(H,14,15). The van der Waals surface area contributed by atoms with Crippen LogP contribution in [-0.2, 0) is 6.54 Å². The Morgan fingerprint density at radius 1 is 1.33 bits per heavy atom. The lowest BCUT2D eigenvalue weighted by Gasteiger charge is -2.08. The number of nitrogens with one attached hydrogen (secondary N) is 2. The van der Waals surface area contributed by atoms with E-state index in [2.05, 4.69) is 29.5 Å². The van der Waals surface area contributed by atoms with Gasteiger partial charge in [0.1, 0.15) is 5.82 Å². The molecule has 0 aliphatic rings. The Morgan fingerprint density at radius 2 is 2.13 bits per heavy atom. The van der Waals surface area contributed by atoms with Gasteiger partial charge < -0.3 is 10.6 Å². The zero-order valence-electron chi connectivity index (χ0n) is 9.31. The van der Waals surface area contributed by atoms with Crippen LogP contribution in [0.3, 0.4) is 0 Å². The summed E-state index contributed by atoms with van der Waals surface area (Å²) < 4.78 is 0. The Balaban J connectivity index is 2.66. The summed E-state index contributed by atoms with van der Waals surface area (Å²) in [5.41, 5.74) is 0.902. The van der Waals surface area contributed by atoms with Crippen LogP contribution in [0.25, 0.3) is 0 Å². The molecule has 3 nitrogen and oxygen atoms in total. The lowest BCUT2D eigenvalue weighted by molar-refractivity contribution is 0.711. The zero-order chi connectivity index (χ0) is 11.1. The average molecular weight is 228 g/mol. The second kappa shape index (κ2) is 6.64. The third-order valence-electron chi connectivity index (χ3n) is 2.02. The number of hydrogen-bond donors (Lipinski definition) is 2. The molecule has 0 saturated heterocycles. The quantitative estimate of drug-likeness (QED) is 0.785. The minimum absolute atomic E-state index is 0.719. The van der Waals surface area contributed by atoms with Crippen LogP contribution < -0.4 is 10.6 Å². The van der Waals surface area contributed by atoms with Crippen molar-refractivity contribution < 1.29 is 0 Å². The first kappa shape index (κ1) is 12.3. The maximum absolute atomic E-state index is 6.04. The molecule has 0 saturated carbocycles. The van der Waals surface area contributed by atoms with Crippen molar-refractivity contribution >= 4 is 17.4 Å². The van der Waals surface area contributed by atoms with Gasteiger partial charge in [-0.3, -0.25) is 0 Å². The van der Waals surface area contributed by atoms with E-state index in [-0.39, 0.29) is 0 Å². The fourth-order valence-electron chi connectivity index (χ4n) is 1.20. The minimum Gasteiger partial charge on any atom is -0.370 e. The summed E-state index contributed by atoms with van der Waals surface area (Å²) in [7, 11) is 0. The number of aromatic nitrogens is 1. The number of rotatable bonds is 6. The molecule has 0 unspecified atom stereocenters. The summed E-state index contributed by atoms with van der Waals surface area (Å²) in [6, 6.07) is 3.80. The lowest BCUT2D eigenvalue weighted by Crippen LogP contribution is -2.14. The van der Waals surface area contributed by atoms with Crippen LogP contribution in [-0.4, -0.2) is 18.1 Å². The van der Waals surface area contributed by atoms with Crippen molar-refractivity contribution in [3.05, 3.63) is 22.8 Å². The van der Waals surface area contributed by atoms with E-state index in [0.29, 0.717) is 0 Å². The van der Waals surface area contributed by atoms with Gasteiger partial charge in [0.05, 0.1) is 10.7 Å². The topological polar surface area (TPSA) is 37.0 Å². The molecule has 1 heterocycles. The Morgan fingerprint density at radius 3 is 2.80 bits per heavy atom. The van der Waals surface area contributed by atoms with Crippen molar-refractivity contribution in [2.24, 2.45) is 0 Å². The predicted octanol–water partition coefficient (Wildman–Crippen LogP) is 2.67. The molecule has 84 valence electrons. The first-order valence-electron chi connectivity index (χ1n) is 5.38. The van der Waals surface area contributed by atoms with Gasteiger partial charge >= 0.3 is 0 Å². The van der Waals surface area contributed by atoms with Gasteiger partial charge in [-0.2, -0.15) is 0 Å². The number of pyridine rings is 1. The lowest BCUT2D eigenvalue weighted by atomic mass is 10.3. The van der Waals surface area contributed by atoms with Crippen LogP contribution in [0, 0.1) is 0 Å². The van der Waals surface area contributed by atoms with Crippen molar-refractivity contribution in [3.8, 4) is 0 Å². The molecule has 15 heavy (non-hydrogen) atoms. The maximum Gasteiger partial charge on any atom is 0.126 e. The highest BCUT2D eigenvalue weighted by molar-refractivity contribution is 6.31. The van der Waals surface area contributed by atoms with Gasteiger partial charge in [-0.25, -0.2) is 4.98 Å². The van der Waals surface area contributed by atoms with E-state index >= 15 is 0 Å². The molecule has 0 aliphatic heterocycles. The van der Waals surface area contributed by atoms with E-state index in [4.69, 9.17) is 11.6 Å². The predicted molar refractivity (Wildman–Crippen MR) is 65.4 cm³/mol.